The summed E-state index contributed by atoms with van der Waals surface area (Å²) in [5.41, 5.74) is -0.219. The third kappa shape index (κ3) is 7.01. The van der Waals surface area contributed by atoms with Crippen LogP contribution in [0.3, 0.4) is 0 Å². The molecule has 1 aromatic rings. The molecule has 0 heterocycles. The maximum absolute atomic E-state index is 10.2. The maximum atomic E-state index is 10.2. The first-order valence-electron chi connectivity index (χ1n) is 3.34. The van der Waals surface area contributed by atoms with Crippen molar-refractivity contribution in [3.8, 4) is 5.75 Å². The third-order valence-electron chi connectivity index (χ3n) is 1.26. The van der Waals surface area contributed by atoms with Crippen LogP contribution in [-0.2, 0) is 4.57 Å². The van der Waals surface area contributed by atoms with E-state index in [0.29, 0.717) is 0 Å². The van der Waals surface area contributed by atoms with E-state index in [9.17, 15) is 24.5 Å². The number of phosphoric ester groups is 1. The predicted octanol–water partition coefficient (Wildman–Crippen LogP) is -6.19. The Hall–Kier alpha value is 0.570. The molecule has 0 saturated heterocycles. The quantitative estimate of drug-likeness (QED) is 0.176. The number of phosphoric acid groups is 1. The van der Waals surface area contributed by atoms with Crippen LogP contribution in [0.1, 0.15) is 0 Å². The Kier molecular flexibility index (Phi) is 9.24. The van der Waals surface area contributed by atoms with E-state index in [1.165, 1.54) is 0 Å². The average molecular weight is 265 g/mol. The number of nitro groups is 1. The van der Waals surface area contributed by atoms with Gasteiger partial charge in [-0.2, -0.15) is 0 Å². The second-order valence-corrected chi connectivity index (χ2v) is 3.37. The van der Waals surface area contributed by atoms with Crippen molar-refractivity contribution >= 4 is 13.5 Å². The largest absolute Gasteiger partial charge is 1.00 e. The van der Waals surface area contributed by atoms with Gasteiger partial charge < -0.3 is 18.9 Å². The van der Waals surface area contributed by atoms with E-state index in [0.717, 1.165) is 24.3 Å². The predicted molar refractivity (Wildman–Crippen MR) is 41.3 cm³/mol. The van der Waals surface area contributed by atoms with Gasteiger partial charge in [-0.25, -0.2) is 0 Å². The van der Waals surface area contributed by atoms with E-state index < -0.39 is 12.7 Å². The van der Waals surface area contributed by atoms with Crippen LogP contribution in [0.2, 0.25) is 0 Å². The molecule has 0 atom stereocenters. The van der Waals surface area contributed by atoms with Gasteiger partial charge in [0.15, 0.2) is 0 Å². The zero-order valence-corrected chi connectivity index (χ0v) is 13.5. The second-order valence-electron chi connectivity index (χ2n) is 2.29. The molecule has 0 fully saturated rings. The third-order valence-corrected chi connectivity index (χ3v) is 1.70. The molecule has 0 aliphatic rings. The molecule has 0 aliphatic heterocycles. The van der Waals surface area contributed by atoms with E-state index in [1.54, 1.807) is 0 Å². The molecule has 7 nitrogen and oxygen atoms in total. The van der Waals surface area contributed by atoms with Crippen LogP contribution in [-0.4, -0.2) is 4.92 Å². The number of benzene rings is 1. The normalized spacial score (nSPS) is 9.62. The molecule has 0 amide bonds. The molecule has 0 aromatic heterocycles. The van der Waals surface area contributed by atoms with Crippen molar-refractivity contribution in [1.29, 1.82) is 0 Å². The molecular weight excluding hydrogens is 261 g/mol. The number of nitro benzene ring substituents is 1. The summed E-state index contributed by atoms with van der Waals surface area (Å²) in [4.78, 5) is 29.8. The van der Waals surface area contributed by atoms with Gasteiger partial charge in [0.1, 0.15) is 13.6 Å². The second kappa shape index (κ2) is 7.81. The zero-order chi connectivity index (χ0) is 10.8. The Morgan fingerprint density at radius 2 is 1.56 bits per heavy atom. The van der Waals surface area contributed by atoms with Gasteiger partial charge in [-0.15, -0.1) is 0 Å². The minimum atomic E-state index is -5.10. The van der Waals surface area contributed by atoms with Gasteiger partial charge in [-0.05, 0) is 12.1 Å². The first-order valence-corrected chi connectivity index (χ1v) is 4.81. The molecule has 0 saturated carbocycles. The smallest absolute Gasteiger partial charge is 0.780 e. The van der Waals surface area contributed by atoms with Crippen LogP contribution in [0.4, 0.5) is 5.69 Å². The van der Waals surface area contributed by atoms with E-state index >= 15 is 0 Å². The minimum absolute atomic E-state index is 0. The molecule has 0 bridgehead atoms. The van der Waals surface area contributed by atoms with Gasteiger partial charge in [0, 0.05) is 12.1 Å². The van der Waals surface area contributed by atoms with Crippen molar-refractivity contribution in [3.05, 3.63) is 34.4 Å². The monoisotopic (exact) mass is 265 g/mol. The van der Waals surface area contributed by atoms with Crippen LogP contribution < -0.4 is 73.4 Å². The number of hydrogen-bond acceptors (Lipinski definition) is 6. The van der Waals surface area contributed by atoms with Gasteiger partial charge >= 0.3 is 59.1 Å². The summed E-state index contributed by atoms with van der Waals surface area (Å²) in [6.45, 7) is 0. The molecule has 76 valence electrons. The van der Waals surface area contributed by atoms with Crippen molar-refractivity contribution in [1.82, 2.24) is 0 Å². The number of hydrogen-bond donors (Lipinski definition) is 0. The number of nitrogens with zero attached hydrogens (tertiary/aromatic N) is 1. The Labute approximate surface area is 135 Å². The van der Waals surface area contributed by atoms with Crippen molar-refractivity contribution in [2.45, 2.75) is 0 Å². The standard InChI is InChI=1S/C6H6NO6P.2Na/c8-7(9)5-1-3-6(4-2-5)13-14(10,11)12;;/h1-4H,(H2,10,11,12);;/q;2*+1/p-2/i13+2;;. The molecule has 1 aromatic carbocycles. The maximum Gasteiger partial charge on any atom is 1.00 e. The molecule has 0 spiro atoms. The van der Waals surface area contributed by atoms with Crippen LogP contribution in [0, 0.1) is 10.1 Å². The van der Waals surface area contributed by atoms with Crippen molar-refractivity contribution < 1.29 is 82.9 Å². The van der Waals surface area contributed by atoms with Crippen molar-refractivity contribution in [3.63, 3.8) is 0 Å². The topological polar surface area (TPSA) is 116 Å². The van der Waals surface area contributed by atoms with Gasteiger partial charge in [-0.3, -0.25) is 10.1 Å². The van der Waals surface area contributed by atoms with Crippen LogP contribution >= 0.6 is 7.82 Å². The summed E-state index contributed by atoms with van der Waals surface area (Å²) in [6, 6.07) is 4.12. The van der Waals surface area contributed by atoms with E-state index in [1.807, 2.05) is 0 Å². The summed E-state index contributed by atoms with van der Waals surface area (Å²) >= 11 is 0. The fourth-order valence-electron chi connectivity index (χ4n) is 0.758. The molecule has 0 radical (unpaired) electrons. The van der Waals surface area contributed by atoms with Gasteiger partial charge in [-0.1, -0.05) is 0 Å². The summed E-state index contributed by atoms with van der Waals surface area (Å²) in [5, 5.41) is 10.2. The molecule has 1 rings (SSSR count). The van der Waals surface area contributed by atoms with Crippen molar-refractivity contribution in [2.75, 3.05) is 0 Å². The van der Waals surface area contributed by atoms with Gasteiger partial charge in [0.2, 0.25) is 0 Å². The fourth-order valence-corrected chi connectivity index (χ4v) is 1.14. The van der Waals surface area contributed by atoms with Crippen LogP contribution in [0.5, 0.6) is 5.75 Å². The Morgan fingerprint density at radius 3 is 1.88 bits per heavy atom. The van der Waals surface area contributed by atoms with Crippen LogP contribution in [0.15, 0.2) is 24.3 Å². The fraction of sp³-hybridized carbons (Fsp3) is 0. The number of non-ortho nitro benzene ring substituents is 1. The SMILES string of the molecule is O=[N+]([O-])c1ccc([18O]P(=O)([O-])[O-])cc1.[Na+].[Na+]. The first kappa shape index (κ1) is 18.9. The summed E-state index contributed by atoms with van der Waals surface area (Å²) < 4.78 is 14.1. The average Bonchev–Trinajstić information content (AvgIpc) is 2.02. The molecule has 10 heteroatoms. The first-order chi connectivity index (χ1) is 6.38. The Morgan fingerprint density at radius 1 is 1.12 bits per heavy atom. The van der Waals surface area contributed by atoms with E-state index in [-0.39, 0.29) is 70.6 Å². The molecule has 0 unspecified atom stereocenters. The van der Waals surface area contributed by atoms with Crippen LogP contribution in [0.25, 0.3) is 0 Å². The Balaban J connectivity index is 0. The Bertz CT molecular complexity index is 391. The van der Waals surface area contributed by atoms with E-state index in [2.05, 4.69) is 4.52 Å². The summed E-state index contributed by atoms with van der Waals surface area (Å²) in [7, 11) is -5.10. The van der Waals surface area contributed by atoms with Gasteiger partial charge in [0.05, 0.1) is 4.92 Å². The van der Waals surface area contributed by atoms with Gasteiger partial charge in [0.25, 0.3) is 5.69 Å². The molecule has 0 N–H and O–H groups in total. The molecular formula is C6H4NNa2O6P. The molecule has 16 heavy (non-hydrogen) atoms. The minimum Gasteiger partial charge on any atom is -0.780 e. The summed E-state index contributed by atoms with van der Waals surface area (Å²) in [6.07, 6.45) is 0. The zero-order valence-electron chi connectivity index (χ0n) is 8.65. The molecule has 0 aliphatic carbocycles. The summed E-state index contributed by atoms with van der Waals surface area (Å²) in [5.74, 6) is -0.246. The van der Waals surface area contributed by atoms with E-state index in [4.69, 9.17) is 0 Å². The number of rotatable bonds is 3. The van der Waals surface area contributed by atoms with Crippen molar-refractivity contribution in [2.24, 2.45) is 0 Å².